The molecule has 0 N–H and O–H groups in total. The third-order valence-corrected chi connectivity index (χ3v) is 6.96. The topological polar surface area (TPSA) is 52.6 Å². The highest BCUT2D eigenvalue weighted by atomic mass is 32.2. The van der Waals surface area contributed by atoms with Crippen LogP contribution in [0, 0.1) is 11.6 Å². The van der Waals surface area contributed by atoms with Gasteiger partial charge in [0.25, 0.3) is 0 Å². The molecule has 0 aliphatic heterocycles. The van der Waals surface area contributed by atoms with Crippen LogP contribution in [0.3, 0.4) is 0 Å². The van der Waals surface area contributed by atoms with Gasteiger partial charge in [0, 0.05) is 22.6 Å². The molecule has 0 unspecified atom stereocenters. The predicted octanol–water partition coefficient (Wildman–Crippen LogP) is 6.09. The Bertz CT molecular complexity index is 1320. The zero-order valence-electron chi connectivity index (χ0n) is 17.8. The number of ether oxygens (including phenoxy) is 2. The van der Waals surface area contributed by atoms with E-state index < -0.39 is 46.0 Å². The number of halogens is 2. The van der Waals surface area contributed by atoms with E-state index in [1.54, 1.807) is 69.3 Å². The lowest BCUT2D eigenvalue weighted by Gasteiger charge is -2.19. The second-order valence-electron chi connectivity index (χ2n) is 8.22. The van der Waals surface area contributed by atoms with Crippen LogP contribution in [-0.2, 0) is 9.53 Å². The van der Waals surface area contributed by atoms with Gasteiger partial charge >= 0.3 is 5.97 Å². The van der Waals surface area contributed by atoms with Crippen molar-refractivity contribution in [2.45, 2.75) is 26.4 Å². The Kier molecular flexibility index (Phi) is 5.69. The fraction of sp³-hybridized carbons (Fsp3) is 0.200. The molecule has 0 radical (unpaired) electrons. The van der Waals surface area contributed by atoms with Crippen LogP contribution in [0.15, 0.2) is 65.5 Å². The number of carbonyl (C=O) groups is 1. The van der Waals surface area contributed by atoms with E-state index in [0.29, 0.717) is 25.1 Å². The number of esters is 1. The molecule has 0 saturated heterocycles. The van der Waals surface area contributed by atoms with Gasteiger partial charge in [-0.15, -0.1) is 0 Å². The lowest BCUT2D eigenvalue weighted by molar-refractivity contribution is -0.157. The molecule has 1 aromatic heterocycles. The minimum absolute atomic E-state index is 0.113. The zero-order chi connectivity index (χ0) is 23.0. The fourth-order valence-corrected chi connectivity index (χ4v) is 5.85. The molecule has 164 valence electrons. The molecule has 1 heterocycles. The lowest BCUT2D eigenvalue weighted by Crippen LogP contribution is -2.27. The quantitative estimate of drug-likeness (QED) is 0.212. The summed E-state index contributed by atoms with van der Waals surface area (Å²) in [7, 11) is -0.882. The first-order valence-electron chi connectivity index (χ1n) is 9.96. The summed E-state index contributed by atoms with van der Waals surface area (Å²) in [5.74, 6) is -3.22. The Morgan fingerprint density at radius 1 is 0.906 bits per heavy atom. The van der Waals surface area contributed by atoms with Gasteiger partial charge in [-0.05, 0) is 45.0 Å². The first-order chi connectivity index (χ1) is 15.2. The van der Waals surface area contributed by atoms with Crippen molar-refractivity contribution in [3.05, 3.63) is 82.5 Å². The number of rotatable bonds is 4. The molecule has 0 aliphatic rings. The van der Waals surface area contributed by atoms with Gasteiger partial charge < -0.3 is 9.47 Å². The summed E-state index contributed by atoms with van der Waals surface area (Å²) in [6, 6.07) is 16.6. The molecule has 4 aromatic rings. The first-order valence-corrected chi connectivity index (χ1v) is 11.2. The van der Waals surface area contributed by atoms with Gasteiger partial charge in [0.05, 0.1) is 10.8 Å². The average Bonchev–Trinajstić information content (AvgIpc) is 2.72. The smallest absolute Gasteiger partial charge is 0.344 e. The van der Waals surface area contributed by atoms with E-state index >= 15 is 0 Å². The molecule has 3 aromatic carbocycles. The molecule has 0 spiro atoms. The standard InChI is InChI=1S/C25H21F2O4S/c1-25(2,3)31-22(28)14-30-24-18(26)12-15(13-19(24)27)32-20-10-6-4-8-16(20)23(29)17-9-5-7-11-21(17)32/h4-13H,14H2,1-3H3/q+1. The lowest BCUT2D eigenvalue weighted by atomic mass is 10.2. The van der Waals surface area contributed by atoms with Crippen LogP contribution in [0.25, 0.3) is 25.1 Å². The van der Waals surface area contributed by atoms with Crippen LogP contribution >= 0.6 is 10.5 Å². The van der Waals surface area contributed by atoms with Crippen molar-refractivity contribution in [3.8, 4) is 10.6 Å². The maximum Gasteiger partial charge on any atom is 0.344 e. The van der Waals surface area contributed by atoms with Crippen LogP contribution in [0.1, 0.15) is 20.8 Å². The van der Waals surface area contributed by atoms with Crippen LogP contribution in [-0.4, -0.2) is 18.2 Å². The number of hydrogen-bond donors (Lipinski definition) is 0. The van der Waals surface area contributed by atoms with E-state index in [2.05, 4.69) is 0 Å². The molecule has 0 fully saturated rings. The summed E-state index contributed by atoms with van der Waals surface area (Å²) in [6.45, 7) is 4.45. The number of hydrogen-bond acceptors (Lipinski definition) is 4. The summed E-state index contributed by atoms with van der Waals surface area (Å²) >= 11 is 0. The fourth-order valence-electron chi connectivity index (χ4n) is 3.48. The van der Waals surface area contributed by atoms with E-state index in [1.165, 1.54) is 12.1 Å². The van der Waals surface area contributed by atoms with Crippen LogP contribution in [0.5, 0.6) is 5.75 Å². The van der Waals surface area contributed by atoms with Gasteiger partial charge in [-0.25, -0.2) is 13.6 Å². The summed E-state index contributed by atoms with van der Waals surface area (Å²) in [4.78, 5) is 25.1. The second-order valence-corrected chi connectivity index (χ2v) is 10.2. The number of fused-ring (bicyclic) bond motifs is 2. The van der Waals surface area contributed by atoms with Gasteiger partial charge in [-0.1, -0.05) is 24.3 Å². The van der Waals surface area contributed by atoms with Crippen molar-refractivity contribution in [1.29, 1.82) is 0 Å². The maximum absolute atomic E-state index is 14.9. The van der Waals surface area contributed by atoms with Gasteiger partial charge in [-0.3, -0.25) is 4.79 Å². The highest BCUT2D eigenvalue weighted by Crippen LogP contribution is 2.44. The van der Waals surface area contributed by atoms with Crippen molar-refractivity contribution < 1.29 is 23.0 Å². The van der Waals surface area contributed by atoms with Gasteiger partial charge in [0.2, 0.25) is 5.43 Å². The highest BCUT2D eigenvalue weighted by Gasteiger charge is 2.26. The van der Waals surface area contributed by atoms with E-state index in [-0.39, 0.29) is 5.43 Å². The van der Waals surface area contributed by atoms with E-state index in [4.69, 9.17) is 9.47 Å². The Labute approximate surface area is 186 Å². The molecule has 0 bridgehead atoms. The van der Waals surface area contributed by atoms with Crippen LogP contribution in [0.2, 0.25) is 0 Å². The van der Waals surface area contributed by atoms with Gasteiger partial charge in [0.15, 0.2) is 38.3 Å². The molecule has 4 rings (SSSR count). The van der Waals surface area contributed by atoms with Crippen LogP contribution < -0.4 is 10.2 Å². The molecule has 4 nitrogen and oxygen atoms in total. The van der Waals surface area contributed by atoms with E-state index in [0.717, 1.165) is 0 Å². The minimum atomic E-state index is -0.928. The Morgan fingerprint density at radius 3 is 1.91 bits per heavy atom. The molecule has 0 aliphatic carbocycles. The van der Waals surface area contributed by atoms with Crippen molar-refractivity contribution in [1.82, 2.24) is 0 Å². The third-order valence-electron chi connectivity index (χ3n) is 4.67. The van der Waals surface area contributed by atoms with E-state index in [1.807, 2.05) is 0 Å². The zero-order valence-corrected chi connectivity index (χ0v) is 18.6. The van der Waals surface area contributed by atoms with Gasteiger partial charge in [-0.2, -0.15) is 0 Å². The second kappa shape index (κ2) is 8.31. The van der Waals surface area contributed by atoms with E-state index in [9.17, 15) is 18.4 Å². The predicted molar refractivity (Wildman–Crippen MR) is 123 cm³/mol. The summed E-state index contributed by atoms with van der Waals surface area (Å²) < 4.78 is 41.4. The van der Waals surface area contributed by atoms with Crippen molar-refractivity contribution in [2.75, 3.05) is 6.61 Å². The normalized spacial score (nSPS) is 11.7. The minimum Gasteiger partial charge on any atom is -0.476 e. The maximum atomic E-state index is 14.9. The number of benzene rings is 3. The Balaban J connectivity index is 1.81. The largest absolute Gasteiger partial charge is 0.476 e. The van der Waals surface area contributed by atoms with Crippen molar-refractivity contribution in [2.24, 2.45) is 0 Å². The first kappa shape index (κ1) is 21.9. The Morgan fingerprint density at radius 2 is 1.41 bits per heavy atom. The monoisotopic (exact) mass is 455 g/mol. The molecule has 0 saturated carbocycles. The molecule has 0 atom stereocenters. The molecular weight excluding hydrogens is 434 g/mol. The Hall–Kier alpha value is -3.32. The molecule has 32 heavy (non-hydrogen) atoms. The van der Waals surface area contributed by atoms with Crippen molar-refractivity contribution in [3.63, 3.8) is 0 Å². The average molecular weight is 456 g/mol. The SMILES string of the molecule is CC(C)(C)OC(=O)COc1c(F)cc(-[s+]2c3ccccc3c(=O)c3ccccc32)cc1F. The summed E-state index contributed by atoms with van der Waals surface area (Å²) in [5, 5.41) is 1.03. The molecular formula is C25H21F2O4S+. The number of carbonyl (C=O) groups excluding carboxylic acids is 1. The summed E-state index contributed by atoms with van der Waals surface area (Å²) in [6.07, 6.45) is 0. The van der Waals surface area contributed by atoms with Gasteiger partial charge in [0.1, 0.15) is 5.60 Å². The summed E-state index contributed by atoms with van der Waals surface area (Å²) in [5.41, 5.74) is -0.847. The molecule has 0 amide bonds. The van der Waals surface area contributed by atoms with Crippen LogP contribution in [0.4, 0.5) is 8.78 Å². The third kappa shape index (κ3) is 4.21. The van der Waals surface area contributed by atoms with Crippen molar-refractivity contribution >= 4 is 36.6 Å². The highest BCUT2D eigenvalue weighted by molar-refractivity contribution is 7.49. The molecule has 7 heteroatoms.